The maximum absolute atomic E-state index is 11.8. The molecule has 1 aromatic rings. The van der Waals surface area contributed by atoms with Gasteiger partial charge in [0.1, 0.15) is 5.82 Å². The van der Waals surface area contributed by atoms with Crippen LogP contribution in [0.1, 0.15) is 43.9 Å². The summed E-state index contributed by atoms with van der Waals surface area (Å²) in [5.41, 5.74) is 2.42. The molecule has 8 heteroatoms. The van der Waals surface area contributed by atoms with Gasteiger partial charge in [-0.1, -0.05) is 13.3 Å². The Kier molecular flexibility index (Phi) is 5.72. The molecule has 0 saturated carbocycles. The first-order valence-electron chi connectivity index (χ1n) is 9.58. The van der Waals surface area contributed by atoms with Crippen LogP contribution in [0.5, 0.6) is 0 Å². The molecule has 0 aromatic carbocycles. The van der Waals surface area contributed by atoms with Gasteiger partial charge in [0.25, 0.3) is 0 Å². The minimum Gasteiger partial charge on any atom is -0.354 e. The Hall–Kier alpha value is -1.41. The number of hydrogen-bond donors (Lipinski definition) is 1. The zero-order valence-corrected chi connectivity index (χ0v) is 17.1. The Bertz CT molecular complexity index is 750. The maximum Gasteiger partial charge on any atom is 0.227 e. The summed E-state index contributed by atoms with van der Waals surface area (Å²) in [6.07, 6.45) is 7.66. The van der Waals surface area contributed by atoms with Gasteiger partial charge >= 0.3 is 0 Å². The van der Waals surface area contributed by atoms with E-state index >= 15 is 0 Å². The number of aromatic nitrogens is 2. The Morgan fingerprint density at radius 3 is 2.58 bits per heavy atom. The van der Waals surface area contributed by atoms with Gasteiger partial charge in [0, 0.05) is 38.8 Å². The normalized spacial score (nSPS) is 23.2. The molecule has 2 atom stereocenters. The van der Waals surface area contributed by atoms with Crippen LogP contribution < -0.4 is 14.5 Å². The molecule has 1 aliphatic carbocycles. The first-order chi connectivity index (χ1) is 12.3. The van der Waals surface area contributed by atoms with Gasteiger partial charge in [0.15, 0.2) is 0 Å². The highest BCUT2D eigenvalue weighted by atomic mass is 32.2. The number of nitrogens with one attached hydrogen (secondary N) is 1. The van der Waals surface area contributed by atoms with Gasteiger partial charge < -0.3 is 9.80 Å². The average molecular weight is 382 g/mol. The molecule has 3 rings (SSSR count). The summed E-state index contributed by atoms with van der Waals surface area (Å²) >= 11 is 0. The molecule has 2 heterocycles. The first-order valence-corrected chi connectivity index (χ1v) is 11.5. The number of sulfonamides is 1. The van der Waals surface area contributed by atoms with Crippen molar-refractivity contribution in [1.29, 1.82) is 0 Å². The van der Waals surface area contributed by atoms with Gasteiger partial charge in [0.2, 0.25) is 16.0 Å². The fourth-order valence-electron chi connectivity index (χ4n) is 4.14. The molecule has 7 nitrogen and oxygen atoms in total. The van der Waals surface area contributed by atoms with E-state index in [0.717, 1.165) is 49.7 Å². The Balaban J connectivity index is 1.94. The zero-order valence-electron chi connectivity index (χ0n) is 16.3. The molecule has 1 aromatic heterocycles. The number of rotatable bonds is 6. The summed E-state index contributed by atoms with van der Waals surface area (Å²) in [6.45, 7) is 3.67. The van der Waals surface area contributed by atoms with Crippen molar-refractivity contribution in [2.45, 2.75) is 51.5 Å². The number of aryl methyl sites for hydroxylation is 1. The van der Waals surface area contributed by atoms with Crippen LogP contribution in [0.15, 0.2) is 0 Å². The van der Waals surface area contributed by atoms with E-state index in [1.54, 1.807) is 0 Å². The summed E-state index contributed by atoms with van der Waals surface area (Å²) in [7, 11) is 0.708. The molecular weight excluding hydrogens is 350 g/mol. The summed E-state index contributed by atoms with van der Waals surface area (Å²) in [5.74, 6) is 2.07. The molecular formula is C18H31N5O2S. The summed E-state index contributed by atoms with van der Waals surface area (Å²) in [5, 5.41) is 0. The van der Waals surface area contributed by atoms with Crippen LogP contribution in [0.4, 0.5) is 11.8 Å². The van der Waals surface area contributed by atoms with Crippen LogP contribution in [0.3, 0.4) is 0 Å². The lowest BCUT2D eigenvalue weighted by Gasteiger charge is -2.26. The van der Waals surface area contributed by atoms with Crippen LogP contribution in [-0.4, -0.2) is 57.9 Å². The van der Waals surface area contributed by atoms with E-state index in [0.29, 0.717) is 12.5 Å². The Labute approximate surface area is 157 Å². The van der Waals surface area contributed by atoms with Gasteiger partial charge in [-0.3, -0.25) is 0 Å². The molecule has 0 bridgehead atoms. The highest BCUT2D eigenvalue weighted by Gasteiger charge is 2.36. The highest BCUT2D eigenvalue weighted by Crippen LogP contribution is 2.34. The van der Waals surface area contributed by atoms with Crippen molar-refractivity contribution < 1.29 is 8.42 Å². The average Bonchev–Trinajstić information content (AvgIpc) is 2.94. The molecule has 1 N–H and O–H groups in total. The molecule has 26 heavy (non-hydrogen) atoms. The van der Waals surface area contributed by atoms with Crippen molar-refractivity contribution in [1.82, 2.24) is 14.7 Å². The minimum atomic E-state index is -3.22. The maximum atomic E-state index is 11.8. The van der Waals surface area contributed by atoms with Crippen LogP contribution in [0, 0.1) is 5.92 Å². The summed E-state index contributed by atoms with van der Waals surface area (Å²) < 4.78 is 26.4. The SMILES string of the molecule is CCC[C@H]1CN(c2nc(N(C)C)nc3c2CCCC3)C[C@@H]1NS(C)(=O)=O. The van der Waals surface area contributed by atoms with E-state index in [1.165, 1.54) is 24.7 Å². The van der Waals surface area contributed by atoms with E-state index in [1.807, 2.05) is 19.0 Å². The summed E-state index contributed by atoms with van der Waals surface area (Å²) in [4.78, 5) is 13.8. The third-order valence-electron chi connectivity index (χ3n) is 5.31. The number of fused-ring (bicyclic) bond motifs is 1. The molecule has 1 fully saturated rings. The molecule has 0 unspecified atom stereocenters. The smallest absolute Gasteiger partial charge is 0.227 e. The molecule has 1 aliphatic heterocycles. The Morgan fingerprint density at radius 2 is 1.92 bits per heavy atom. The lowest BCUT2D eigenvalue weighted by Crippen LogP contribution is -2.40. The fourth-order valence-corrected chi connectivity index (χ4v) is 4.96. The number of hydrogen-bond acceptors (Lipinski definition) is 6. The fraction of sp³-hybridized carbons (Fsp3) is 0.778. The second-order valence-corrected chi connectivity index (χ2v) is 9.60. The van der Waals surface area contributed by atoms with Crippen molar-refractivity contribution in [3.8, 4) is 0 Å². The van der Waals surface area contributed by atoms with Gasteiger partial charge in [-0.15, -0.1) is 0 Å². The van der Waals surface area contributed by atoms with Gasteiger partial charge in [-0.2, -0.15) is 4.98 Å². The lowest BCUT2D eigenvalue weighted by atomic mass is 9.96. The zero-order chi connectivity index (χ0) is 18.9. The largest absolute Gasteiger partial charge is 0.354 e. The predicted octanol–water partition coefficient (Wildman–Crippen LogP) is 1.58. The molecule has 146 valence electrons. The predicted molar refractivity (Wildman–Crippen MR) is 105 cm³/mol. The minimum absolute atomic E-state index is 0.0537. The van der Waals surface area contributed by atoms with Crippen LogP contribution in [0.2, 0.25) is 0 Å². The third-order valence-corrected chi connectivity index (χ3v) is 6.05. The molecule has 1 saturated heterocycles. The second kappa shape index (κ2) is 7.68. The van der Waals surface area contributed by atoms with Crippen LogP contribution in [-0.2, 0) is 22.9 Å². The van der Waals surface area contributed by atoms with Gasteiger partial charge in [-0.25, -0.2) is 18.1 Å². The van der Waals surface area contributed by atoms with Crippen molar-refractivity contribution in [3.63, 3.8) is 0 Å². The molecule has 0 spiro atoms. The molecule has 2 aliphatic rings. The van der Waals surface area contributed by atoms with Crippen molar-refractivity contribution >= 4 is 21.8 Å². The Morgan fingerprint density at radius 1 is 1.19 bits per heavy atom. The van der Waals surface area contributed by atoms with E-state index in [4.69, 9.17) is 9.97 Å². The standard InChI is InChI=1S/C18H31N5O2S/c1-5-8-13-11-23(12-16(13)21-26(4,24)25)17-14-9-6-7-10-15(14)19-18(20-17)22(2)3/h13,16,21H,5-12H2,1-4H3/t13-,16-/m0/s1. The molecule has 0 radical (unpaired) electrons. The summed E-state index contributed by atoms with van der Waals surface area (Å²) in [6, 6.07) is -0.0537. The van der Waals surface area contributed by atoms with Crippen molar-refractivity contribution in [2.24, 2.45) is 5.92 Å². The second-order valence-electron chi connectivity index (χ2n) is 7.82. The third kappa shape index (κ3) is 4.28. The van der Waals surface area contributed by atoms with Crippen LogP contribution >= 0.6 is 0 Å². The first kappa shape index (κ1) is 19.4. The topological polar surface area (TPSA) is 78.4 Å². The highest BCUT2D eigenvalue weighted by molar-refractivity contribution is 7.88. The van der Waals surface area contributed by atoms with E-state index in [-0.39, 0.29) is 6.04 Å². The van der Waals surface area contributed by atoms with Gasteiger partial charge in [0.05, 0.1) is 11.9 Å². The van der Waals surface area contributed by atoms with Crippen molar-refractivity contribution in [2.75, 3.05) is 43.2 Å². The van der Waals surface area contributed by atoms with Gasteiger partial charge in [-0.05, 0) is 38.0 Å². The monoisotopic (exact) mass is 381 g/mol. The van der Waals surface area contributed by atoms with Crippen molar-refractivity contribution in [3.05, 3.63) is 11.3 Å². The quantitative estimate of drug-likeness (QED) is 0.806. The molecule has 0 amide bonds. The number of nitrogens with zero attached hydrogens (tertiary/aromatic N) is 4. The van der Waals surface area contributed by atoms with E-state index in [2.05, 4.69) is 16.5 Å². The number of anilines is 2. The van der Waals surface area contributed by atoms with Crippen LogP contribution in [0.25, 0.3) is 0 Å². The van der Waals surface area contributed by atoms with E-state index in [9.17, 15) is 8.42 Å². The lowest BCUT2D eigenvalue weighted by molar-refractivity contribution is 0.442. The van der Waals surface area contributed by atoms with E-state index < -0.39 is 10.0 Å².